The van der Waals surface area contributed by atoms with Gasteiger partial charge >= 0.3 is 11.7 Å². The summed E-state index contributed by atoms with van der Waals surface area (Å²) in [6.45, 7) is -0.182. The van der Waals surface area contributed by atoms with Crippen LogP contribution in [0.1, 0.15) is 12.6 Å². The Bertz CT molecular complexity index is 1350. The molecule has 2 aromatic heterocycles. The smallest absolute Gasteiger partial charge is 0.341 e. The van der Waals surface area contributed by atoms with Crippen LogP contribution in [0.25, 0.3) is 5.82 Å². The number of halogens is 4. The van der Waals surface area contributed by atoms with Crippen molar-refractivity contribution in [3.05, 3.63) is 73.8 Å². The Morgan fingerprint density at radius 2 is 1.85 bits per heavy atom. The monoisotopic (exact) mass is 485 g/mol. The van der Waals surface area contributed by atoms with E-state index in [-0.39, 0.29) is 21.1 Å². The van der Waals surface area contributed by atoms with Crippen molar-refractivity contribution in [2.24, 2.45) is 7.05 Å². The molecule has 0 amide bonds. The molecule has 0 saturated heterocycles. The summed E-state index contributed by atoms with van der Waals surface area (Å²) in [6.07, 6.45) is 0. The van der Waals surface area contributed by atoms with Crippen LogP contribution in [-0.4, -0.2) is 31.8 Å². The van der Waals surface area contributed by atoms with Crippen LogP contribution in [0.15, 0.2) is 46.0 Å². The second-order valence-electron chi connectivity index (χ2n) is 6.75. The Morgan fingerprint density at radius 1 is 1.21 bits per heavy atom. The molecule has 0 aliphatic heterocycles. The predicted octanol–water partition coefficient (Wildman–Crippen LogP) is 3.09. The Morgan fingerprint density at radius 3 is 2.45 bits per heavy atom. The van der Waals surface area contributed by atoms with Crippen LogP contribution in [0.3, 0.4) is 0 Å². The normalized spacial score (nSPS) is 11.3. The molecule has 0 bridgehead atoms. The van der Waals surface area contributed by atoms with Gasteiger partial charge in [0.25, 0.3) is 11.5 Å². The molecule has 9 nitrogen and oxygen atoms in total. The molecule has 0 aliphatic carbocycles. The quantitative estimate of drug-likeness (QED) is 0.547. The number of aliphatic carboxylic acids is 1. The molecule has 3 rings (SSSR count). The van der Waals surface area contributed by atoms with Crippen molar-refractivity contribution < 1.29 is 32.5 Å². The number of rotatable bonds is 7. The molecule has 2 heterocycles. The second-order valence-corrected chi connectivity index (χ2v) is 7.15. The lowest BCUT2D eigenvalue weighted by Gasteiger charge is -2.17. The van der Waals surface area contributed by atoms with Crippen LogP contribution < -0.4 is 20.7 Å². The Balaban J connectivity index is 2.12. The maximum atomic E-state index is 14.6. The maximum Gasteiger partial charge on any atom is 0.341 e. The number of hydrogen-bond acceptors (Lipinski definition) is 6. The van der Waals surface area contributed by atoms with Crippen LogP contribution in [0.4, 0.5) is 13.2 Å². The minimum Gasteiger partial charge on any atom is -0.479 e. The van der Waals surface area contributed by atoms with E-state index in [2.05, 4.69) is 4.98 Å². The van der Waals surface area contributed by atoms with Gasteiger partial charge in [-0.2, -0.15) is 4.98 Å². The van der Waals surface area contributed by atoms with Crippen molar-refractivity contribution in [1.29, 1.82) is 0 Å². The zero-order valence-corrected chi connectivity index (χ0v) is 17.8. The molecule has 0 radical (unpaired) electrons. The number of alkyl halides is 2. The van der Waals surface area contributed by atoms with E-state index in [1.165, 1.54) is 24.3 Å². The Labute approximate surface area is 188 Å². The van der Waals surface area contributed by atoms with Gasteiger partial charge in [0, 0.05) is 26.1 Å². The first kappa shape index (κ1) is 23.9. The average molecular weight is 486 g/mol. The van der Waals surface area contributed by atoms with Gasteiger partial charge in [-0.3, -0.25) is 9.36 Å². The molecule has 33 heavy (non-hydrogen) atoms. The van der Waals surface area contributed by atoms with Gasteiger partial charge in [-0.05, 0) is 12.1 Å². The summed E-state index contributed by atoms with van der Waals surface area (Å²) in [5.41, 5.74) is -3.40. The van der Waals surface area contributed by atoms with E-state index in [0.717, 1.165) is 7.05 Å². The van der Waals surface area contributed by atoms with Gasteiger partial charge in [-0.1, -0.05) is 23.7 Å². The third kappa shape index (κ3) is 5.00. The zero-order valence-electron chi connectivity index (χ0n) is 17.0. The third-order valence-corrected chi connectivity index (χ3v) is 4.54. The molecule has 0 unspecified atom stereocenters. The summed E-state index contributed by atoms with van der Waals surface area (Å²) in [5.74, 6) is -7.31. The number of carboxylic acid groups (broad SMARTS) is 1. The van der Waals surface area contributed by atoms with Crippen LogP contribution in [-0.2, 0) is 17.8 Å². The van der Waals surface area contributed by atoms with Crippen molar-refractivity contribution in [3.8, 4) is 23.2 Å². The fraction of sp³-hybridized carbons (Fsp3) is 0.200. The fourth-order valence-electron chi connectivity index (χ4n) is 2.81. The van der Waals surface area contributed by atoms with E-state index >= 15 is 0 Å². The zero-order chi connectivity index (χ0) is 24.5. The van der Waals surface area contributed by atoms with Crippen LogP contribution in [0.5, 0.6) is 17.4 Å². The first-order chi connectivity index (χ1) is 15.4. The molecule has 3 aromatic rings. The number of benzene rings is 1. The lowest BCUT2D eigenvalue weighted by atomic mass is 10.2. The van der Waals surface area contributed by atoms with Crippen LogP contribution in [0.2, 0.25) is 5.02 Å². The molecule has 0 atom stereocenters. The van der Waals surface area contributed by atoms with Gasteiger partial charge in [0.2, 0.25) is 5.88 Å². The highest BCUT2D eigenvalue weighted by molar-refractivity contribution is 6.31. The third-order valence-electron chi connectivity index (χ3n) is 4.27. The first-order valence-corrected chi connectivity index (χ1v) is 9.47. The molecular formula is C20H15ClF3N3O6. The van der Waals surface area contributed by atoms with Gasteiger partial charge in [0.05, 0.1) is 5.69 Å². The molecule has 1 aromatic carbocycles. The lowest BCUT2D eigenvalue weighted by Crippen LogP contribution is -2.41. The summed E-state index contributed by atoms with van der Waals surface area (Å²) in [5, 5.41) is 8.43. The topological polar surface area (TPSA) is 113 Å². The lowest BCUT2D eigenvalue weighted by molar-refractivity contribution is -0.139. The Hall–Kier alpha value is -3.80. The number of carbonyl (C=O) groups is 1. The fourth-order valence-corrected chi connectivity index (χ4v) is 2.98. The molecule has 0 spiro atoms. The summed E-state index contributed by atoms with van der Waals surface area (Å²) >= 11 is 5.98. The molecule has 0 aliphatic rings. The molecular weight excluding hydrogens is 471 g/mol. The summed E-state index contributed by atoms with van der Waals surface area (Å²) in [4.78, 5) is 39.6. The standard InChI is InChI=1S/C20H15ClF3N3O6/c1-20(23,24)14-8-15(28)27(19(31)26(14)2)17-11(22)7-10(21)18(25-17)33-13-6-4-3-5-12(13)32-9-16(29)30/h3-8H,9H2,1-2H3,(H,29,30). The number of ether oxygens (including phenoxy) is 2. The number of para-hydroxylation sites is 2. The van der Waals surface area contributed by atoms with Gasteiger partial charge in [0.1, 0.15) is 5.02 Å². The summed E-state index contributed by atoms with van der Waals surface area (Å²) in [7, 11) is 0.992. The van der Waals surface area contributed by atoms with Crippen molar-refractivity contribution >= 4 is 17.6 Å². The number of pyridine rings is 1. The van der Waals surface area contributed by atoms with E-state index in [1.807, 2.05) is 0 Å². The number of hydrogen-bond donors (Lipinski definition) is 1. The number of nitrogens with zero attached hydrogens (tertiary/aromatic N) is 3. The van der Waals surface area contributed by atoms with Crippen molar-refractivity contribution in [2.75, 3.05) is 6.61 Å². The SMILES string of the molecule is Cn1c(C(C)(F)F)cc(=O)n(-c2nc(Oc3ccccc3OCC(=O)O)c(Cl)cc2F)c1=O. The second kappa shape index (κ2) is 8.98. The van der Waals surface area contributed by atoms with Crippen molar-refractivity contribution in [1.82, 2.24) is 14.1 Å². The van der Waals surface area contributed by atoms with Gasteiger partial charge < -0.3 is 14.6 Å². The van der Waals surface area contributed by atoms with Crippen LogP contribution >= 0.6 is 11.6 Å². The summed E-state index contributed by atoms with van der Waals surface area (Å²) in [6, 6.07) is 7.03. The van der Waals surface area contributed by atoms with E-state index in [0.29, 0.717) is 23.6 Å². The Kier molecular flexibility index (Phi) is 6.49. The average Bonchev–Trinajstić information content (AvgIpc) is 2.72. The van der Waals surface area contributed by atoms with E-state index in [1.54, 1.807) is 0 Å². The van der Waals surface area contributed by atoms with E-state index in [9.17, 15) is 27.6 Å². The van der Waals surface area contributed by atoms with Gasteiger partial charge in [-0.25, -0.2) is 27.3 Å². The number of carboxylic acids is 1. The predicted molar refractivity (Wildman–Crippen MR) is 109 cm³/mol. The molecule has 0 fully saturated rings. The van der Waals surface area contributed by atoms with Gasteiger partial charge in [0.15, 0.2) is 29.7 Å². The molecule has 13 heteroatoms. The first-order valence-electron chi connectivity index (χ1n) is 9.09. The molecule has 174 valence electrons. The highest BCUT2D eigenvalue weighted by Gasteiger charge is 2.30. The molecule has 1 N–H and O–H groups in total. The largest absolute Gasteiger partial charge is 0.479 e. The highest BCUT2D eigenvalue weighted by Crippen LogP contribution is 2.35. The van der Waals surface area contributed by atoms with Crippen LogP contribution in [0, 0.1) is 5.82 Å². The van der Waals surface area contributed by atoms with Crippen molar-refractivity contribution in [3.63, 3.8) is 0 Å². The van der Waals surface area contributed by atoms with Gasteiger partial charge in [-0.15, -0.1) is 0 Å². The van der Waals surface area contributed by atoms with Crippen molar-refractivity contribution in [2.45, 2.75) is 12.8 Å². The minimum absolute atomic E-state index is 0.00810. The maximum absolute atomic E-state index is 14.6. The van der Waals surface area contributed by atoms with E-state index in [4.69, 9.17) is 26.2 Å². The summed E-state index contributed by atoms with van der Waals surface area (Å²) < 4.78 is 53.4. The molecule has 0 saturated carbocycles. The minimum atomic E-state index is -3.51. The van der Waals surface area contributed by atoms with E-state index < -0.39 is 53.0 Å². The highest BCUT2D eigenvalue weighted by atomic mass is 35.5. The number of aromatic nitrogens is 3.